The second kappa shape index (κ2) is 5.91. The summed E-state index contributed by atoms with van der Waals surface area (Å²) in [4.78, 5) is 12.5. The van der Waals surface area contributed by atoms with Gasteiger partial charge in [0.2, 0.25) is 0 Å². The minimum absolute atomic E-state index is 0.168. The molecule has 0 radical (unpaired) electrons. The topological polar surface area (TPSA) is 38.8 Å². The molecule has 0 atom stereocenters. The molecule has 1 aromatic rings. The zero-order valence-corrected chi connectivity index (χ0v) is 12.0. The molecule has 0 unspecified atom stereocenters. The first-order valence-corrected chi connectivity index (χ1v) is 5.91. The third kappa shape index (κ3) is 3.36. The number of rotatable bonds is 4. The van der Waals surface area contributed by atoms with Gasteiger partial charge in [-0.15, -0.1) is 0 Å². The summed E-state index contributed by atoms with van der Waals surface area (Å²) in [6, 6.07) is 3.79. The molecule has 0 aliphatic rings. The maximum absolute atomic E-state index is 11.1. The summed E-state index contributed by atoms with van der Waals surface area (Å²) in [6.07, 6.45) is 0. The van der Waals surface area contributed by atoms with E-state index in [1.54, 1.807) is 26.2 Å². The highest BCUT2D eigenvalue weighted by Gasteiger charge is 2.12. The predicted molar refractivity (Wildman–Crippen MR) is 70.1 cm³/mol. The molecule has 0 saturated carbocycles. The Morgan fingerprint density at radius 3 is 2.35 bits per heavy atom. The van der Waals surface area contributed by atoms with Crippen LogP contribution in [-0.2, 0) is 6.54 Å². The molecule has 0 spiro atoms. The molecule has 0 heterocycles. The van der Waals surface area contributed by atoms with E-state index in [1.807, 2.05) is 19.1 Å². The Morgan fingerprint density at radius 1 is 1.29 bits per heavy atom. The van der Waals surface area contributed by atoms with Crippen LogP contribution < -0.4 is 9.47 Å². The number of benzene rings is 1. The summed E-state index contributed by atoms with van der Waals surface area (Å²) < 4.78 is 10.6. The van der Waals surface area contributed by atoms with Crippen LogP contribution in [0.3, 0.4) is 0 Å². The third-order valence-corrected chi connectivity index (χ3v) is 3.11. The van der Waals surface area contributed by atoms with E-state index < -0.39 is 0 Å². The van der Waals surface area contributed by atoms with Gasteiger partial charge < -0.3 is 14.4 Å². The smallest absolute Gasteiger partial charge is 0.289 e. The van der Waals surface area contributed by atoms with E-state index in [1.165, 1.54) is 0 Å². The largest absolute Gasteiger partial charge is 0.496 e. The van der Waals surface area contributed by atoms with E-state index in [-0.39, 0.29) is 4.82 Å². The summed E-state index contributed by atoms with van der Waals surface area (Å²) >= 11 is 2.91. The van der Waals surface area contributed by atoms with Crippen LogP contribution in [0.2, 0.25) is 0 Å². The standard InChI is InChI=1S/C12H16BrNO3/c1-8-5-11(17-4)9(6-10(8)16-3)7-14(2)12(13)15/h5-6H,7H2,1-4H3. The quantitative estimate of drug-likeness (QED) is 0.634. The Labute approximate surface area is 110 Å². The maximum atomic E-state index is 11.1. The fraction of sp³-hybridized carbons (Fsp3) is 0.417. The van der Waals surface area contributed by atoms with Gasteiger partial charge in [0.05, 0.1) is 14.2 Å². The zero-order valence-electron chi connectivity index (χ0n) is 10.4. The summed E-state index contributed by atoms with van der Waals surface area (Å²) in [5, 5.41) is 0. The van der Waals surface area contributed by atoms with Crippen molar-refractivity contribution in [1.82, 2.24) is 4.90 Å². The van der Waals surface area contributed by atoms with E-state index >= 15 is 0 Å². The summed E-state index contributed by atoms with van der Waals surface area (Å²) in [5.41, 5.74) is 1.91. The van der Waals surface area contributed by atoms with Crippen molar-refractivity contribution in [1.29, 1.82) is 0 Å². The molecule has 0 saturated heterocycles. The highest BCUT2D eigenvalue weighted by molar-refractivity contribution is 9.18. The second-order valence-electron chi connectivity index (χ2n) is 3.74. The third-order valence-electron chi connectivity index (χ3n) is 2.51. The van der Waals surface area contributed by atoms with Crippen LogP contribution in [0.5, 0.6) is 11.5 Å². The number of halogens is 1. The first kappa shape index (κ1) is 13.8. The summed E-state index contributed by atoms with van der Waals surface area (Å²) in [5.74, 6) is 1.54. The van der Waals surface area contributed by atoms with Gasteiger partial charge in [-0.25, -0.2) is 0 Å². The van der Waals surface area contributed by atoms with Crippen molar-refractivity contribution in [2.75, 3.05) is 21.3 Å². The first-order valence-electron chi connectivity index (χ1n) is 5.11. The van der Waals surface area contributed by atoms with Crippen LogP contribution in [0.25, 0.3) is 0 Å². The molecular formula is C12H16BrNO3. The number of aryl methyl sites for hydroxylation is 1. The maximum Gasteiger partial charge on any atom is 0.289 e. The number of hydrogen-bond donors (Lipinski definition) is 0. The summed E-state index contributed by atoms with van der Waals surface area (Å²) in [6.45, 7) is 2.41. The zero-order chi connectivity index (χ0) is 13.0. The average molecular weight is 302 g/mol. The van der Waals surface area contributed by atoms with Gasteiger partial charge in [-0.3, -0.25) is 4.79 Å². The van der Waals surface area contributed by atoms with Gasteiger partial charge in [0.1, 0.15) is 11.5 Å². The molecule has 1 aromatic carbocycles. The lowest BCUT2D eigenvalue weighted by Crippen LogP contribution is -2.20. The molecular weight excluding hydrogens is 286 g/mol. The Bertz CT molecular complexity index is 420. The number of amides is 1. The molecule has 0 aliphatic heterocycles. The number of nitrogens with zero attached hydrogens (tertiary/aromatic N) is 1. The van der Waals surface area contributed by atoms with Crippen LogP contribution in [0.1, 0.15) is 11.1 Å². The van der Waals surface area contributed by atoms with Crippen molar-refractivity contribution in [2.24, 2.45) is 0 Å². The van der Waals surface area contributed by atoms with Gasteiger partial charge in [0.25, 0.3) is 4.82 Å². The number of carbonyl (C=O) groups excluding carboxylic acids is 1. The van der Waals surface area contributed by atoms with E-state index in [2.05, 4.69) is 15.9 Å². The molecule has 94 valence electrons. The molecule has 0 fully saturated rings. The van der Waals surface area contributed by atoms with Crippen molar-refractivity contribution in [2.45, 2.75) is 13.5 Å². The molecule has 0 aliphatic carbocycles. The Balaban J connectivity index is 3.08. The molecule has 4 nitrogen and oxygen atoms in total. The van der Waals surface area contributed by atoms with Crippen LogP contribution in [0.4, 0.5) is 4.79 Å². The van der Waals surface area contributed by atoms with Gasteiger partial charge >= 0.3 is 0 Å². The lowest BCUT2D eigenvalue weighted by atomic mass is 10.1. The van der Waals surface area contributed by atoms with Crippen molar-refractivity contribution in [3.8, 4) is 11.5 Å². The molecule has 1 rings (SSSR count). The Morgan fingerprint density at radius 2 is 1.88 bits per heavy atom. The second-order valence-corrected chi connectivity index (χ2v) is 4.42. The highest BCUT2D eigenvalue weighted by atomic mass is 79.9. The van der Waals surface area contributed by atoms with E-state index in [0.717, 1.165) is 22.6 Å². The normalized spacial score (nSPS) is 9.94. The lowest BCUT2D eigenvalue weighted by molar-refractivity contribution is 0.232. The van der Waals surface area contributed by atoms with Gasteiger partial charge in [-0.2, -0.15) is 0 Å². The van der Waals surface area contributed by atoms with E-state index in [4.69, 9.17) is 9.47 Å². The fourth-order valence-electron chi connectivity index (χ4n) is 1.55. The minimum Gasteiger partial charge on any atom is -0.496 e. The SMILES string of the molecule is COc1cc(CN(C)C(=O)Br)c(OC)cc1C. The molecule has 1 amide bonds. The fourth-order valence-corrected chi connectivity index (χ4v) is 1.68. The minimum atomic E-state index is -0.168. The van der Waals surface area contributed by atoms with Gasteiger partial charge in [-0.1, -0.05) is 0 Å². The van der Waals surface area contributed by atoms with E-state index in [9.17, 15) is 4.79 Å². The summed E-state index contributed by atoms with van der Waals surface area (Å²) in [7, 11) is 4.95. The molecule has 0 N–H and O–H groups in total. The number of hydrogen-bond acceptors (Lipinski definition) is 3. The monoisotopic (exact) mass is 301 g/mol. The lowest BCUT2D eigenvalue weighted by Gasteiger charge is -2.17. The van der Waals surface area contributed by atoms with Crippen LogP contribution >= 0.6 is 15.9 Å². The van der Waals surface area contributed by atoms with Gasteiger partial charge in [-0.05, 0) is 24.6 Å². The Hall–Kier alpha value is -1.23. The molecule has 0 aromatic heterocycles. The molecule has 17 heavy (non-hydrogen) atoms. The van der Waals surface area contributed by atoms with Gasteiger partial charge in [0.15, 0.2) is 0 Å². The number of carbonyl (C=O) groups is 1. The predicted octanol–water partition coefficient (Wildman–Crippen LogP) is 2.96. The molecule has 0 bridgehead atoms. The van der Waals surface area contributed by atoms with Crippen LogP contribution in [0, 0.1) is 6.92 Å². The highest BCUT2D eigenvalue weighted by Crippen LogP contribution is 2.29. The van der Waals surface area contributed by atoms with Crippen molar-refractivity contribution in [3.05, 3.63) is 23.3 Å². The van der Waals surface area contributed by atoms with Crippen molar-refractivity contribution >= 4 is 20.7 Å². The average Bonchev–Trinajstić information content (AvgIpc) is 2.30. The van der Waals surface area contributed by atoms with Gasteiger partial charge in [0, 0.05) is 35.1 Å². The van der Waals surface area contributed by atoms with Crippen LogP contribution in [0.15, 0.2) is 12.1 Å². The number of methoxy groups -OCH3 is 2. The van der Waals surface area contributed by atoms with Crippen LogP contribution in [-0.4, -0.2) is 31.0 Å². The van der Waals surface area contributed by atoms with Crippen molar-refractivity contribution < 1.29 is 14.3 Å². The first-order chi connectivity index (χ1) is 7.99. The van der Waals surface area contributed by atoms with Crippen molar-refractivity contribution in [3.63, 3.8) is 0 Å². The van der Waals surface area contributed by atoms with E-state index in [0.29, 0.717) is 6.54 Å². The number of ether oxygens (including phenoxy) is 2. The molecule has 5 heteroatoms. The Kier molecular flexibility index (Phi) is 4.81.